The van der Waals surface area contributed by atoms with Crippen molar-refractivity contribution in [3.8, 4) is 0 Å². The van der Waals surface area contributed by atoms with E-state index in [0.29, 0.717) is 18.8 Å². The molecular weight excluding hydrogens is 1990 g/mol. The lowest BCUT2D eigenvalue weighted by Gasteiger charge is -2.53. The van der Waals surface area contributed by atoms with E-state index in [9.17, 15) is 171 Å². The zero-order valence-electron chi connectivity index (χ0n) is 85.7. The molecule has 0 saturated carbocycles. The van der Waals surface area contributed by atoms with Crippen LogP contribution in [0.3, 0.4) is 0 Å². The molecule has 53 heteroatoms. The largest absolute Gasteiger partial charge is 0.477 e. The van der Waals surface area contributed by atoms with Gasteiger partial charge in [-0.2, -0.15) is 0 Å². The molecule has 53 nitrogen and oxygen atoms in total. The van der Waals surface area contributed by atoms with Crippen molar-refractivity contribution in [1.29, 1.82) is 0 Å². The fraction of sp³-hybridized carbons (Fsp3) is 0.917. The number of carbonyl (C=O) groups excluding carboxylic acids is 5. The first-order valence-electron chi connectivity index (χ1n) is 52.1. The van der Waals surface area contributed by atoms with Crippen LogP contribution in [0.4, 0.5) is 0 Å². The molecule has 0 unspecified atom stereocenters. The Morgan fingerprint density at radius 2 is 0.705 bits per heavy atom. The predicted octanol–water partition coefficient (Wildman–Crippen LogP) is -7.25. The first kappa shape index (κ1) is 130. The summed E-state index contributed by atoms with van der Waals surface area (Å²) in [7, 11) is 0. The summed E-state index contributed by atoms with van der Waals surface area (Å²) in [5.41, 5.74) is 0. The molecule has 31 N–H and O–H groups in total. The molecule has 7 heterocycles. The number of aliphatic carboxylic acids is 3. The van der Waals surface area contributed by atoms with Crippen molar-refractivity contribution in [2.45, 2.75) is 497 Å². The molecule has 7 aliphatic rings. The van der Waals surface area contributed by atoms with E-state index in [1.165, 1.54) is 64.2 Å². The summed E-state index contributed by atoms with van der Waals surface area (Å²) in [4.78, 5) is 108. The molecule has 7 saturated heterocycles. The average Bonchev–Trinajstić information content (AvgIpc) is 0.741. The summed E-state index contributed by atoms with van der Waals surface area (Å²) in [5, 5.41) is 309. The zero-order chi connectivity index (χ0) is 111. The molecule has 0 bridgehead atoms. The van der Waals surface area contributed by atoms with E-state index < -0.39 is 369 Å². The van der Waals surface area contributed by atoms with E-state index in [-0.39, 0.29) is 12.8 Å². The predicted molar refractivity (Wildman–Crippen MR) is 507 cm³/mol. The quantitative estimate of drug-likeness (QED) is 0.0252. The molecule has 5 amide bonds. The standard InChI is InChI=1S/C96H169N5O48/c1-8-9-10-11-12-13-14-15-16-17-18-19-20-21-26-29-32-35-64(119)101-52(69(120)53(113)34-31-28-25-23-22-24-27-30-33-47(2)3)46-136-88-76(127)75(126)79(62(44-107)140-88)142-90-77(128)85(74(125)61(43-106)139-90)143-87-68(100-51(7)112)84(73(124)59(41-104)137-87)148-95(92(132)133)37-56(116)67(99-50(6)111)83(147-95)72(123)60(42-105)138-89-78(129)86(149-96(93(134)135)38-55(115)66(98-49(5)110)82(146-96)71(122)58(118)40-103)80(63(45-108)141-89)144-94(91(130)131)36-54(114)65(97-48(4)109)81(145-94)70(121)57(117)39-102/h47,52-63,65-90,102-108,113-118,120-129H,8-46H2,1-7H3,(H,97,109)(H,98,110)(H,99,111)(H,100,112)(H,101,119)(H,130,131)(H,132,133)(H,134,135)/t52-,53+,54-,55-,56-,57+,58+,59+,60+,61+,62+,63+,65+,66+,67+,68+,69-,70+,71+,72+,73-,74-,75+,76+,77+,78+,79+,80-,81+,82+,83+,84+,85-,86+,87-,88+,89+,90-,94+,95-,96-/m0/s1. The fourth-order valence-electron chi connectivity index (χ4n) is 19.9. The summed E-state index contributed by atoms with van der Waals surface area (Å²) in [6.45, 7) is -0.125. The first-order valence-corrected chi connectivity index (χ1v) is 52.1. The highest BCUT2D eigenvalue weighted by molar-refractivity contribution is 5.79. The van der Waals surface area contributed by atoms with Gasteiger partial charge in [0.05, 0.1) is 101 Å². The highest BCUT2D eigenvalue weighted by Crippen LogP contribution is 2.46. The minimum atomic E-state index is -3.68. The number of aliphatic hydroxyl groups is 23. The molecule has 7 fully saturated rings. The van der Waals surface area contributed by atoms with Gasteiger partial charge in [0, 0.05) is 53.4 Å². The third-order valence-corrected chi connectivity index (χ3v) is 28.2. The second kappa shape index (κ2) is 63.6. The van der Waals surface area contributed by atoms with E-state index in [1.807, 2.05) is 0 Å². The lowest BCUT2D eigenvalue weighted by molar-refractivity contribution is -0.404. The van der Waals surface area contributed by atoms with Crippen LogP contribution in [-0.4, -0.2) is 483 Å². The Kier molecular flexibility index (Phi) is 55.6. The van der Waals surface area contributed by atoms with Crippen LogP contribution in [0.15, 0.2) is 0 Å². The normalized spacial score (nSPS) is 35.4. The number of hydrogen-bond acceptors (Lipinski definition) is 45. The minimum absolute atomic E-state index is 0.0436. The molecule has 41 atom stereocenters. The van der Waals surface area contributed by atoms with E-state index in [4.69, 9.17) is 66.3 Å². The first-order chi connectivity index (χ1) is 70.6. The molecule has 0 aromatic rings. The van der Waals surface area contributed by atoms with Crippen molar-refractivity contribution in [2.24, 2.45) is 5.92 Å². The number of unbranched alkanes of at least 4 members (excludes halogenated alkanes) is 23. The Morgan fingerprint density at radius 1 is 0.356 bits per heavy atom. The maximum atomic E-state index is 14.3. The highest BCUT2D eigenvalue weighted by Gasteiger charge is 2.67. The van der Waals surface area contributed by atoms with Gasteiger partial charge in [-0.25, -0.2) is 14.4 Å². The third-order valence-electron chi connectivity index (χ3n) is 28.2. The Bertz CT molecular complexity index is 3940. The number of carbonyl (C=O) groups is 8. The number of amides is 5. The maximum Gasteiger partial charge on any atom is 0.364 e. The van der Waals surface area contributed by atoms with Crippen LogP contribution in [0.5, 0.6) is 0 Å². The van der Waals surface area contributed by atoms with Crippen molar-refractivity contribution < 1.29 is 237 Å². The lowest BCUT2D eigenvalue weighted by Crippen LogP contribution is -2.73. The number of aliphatic hydroxyl groups excluding tert-OH is 23. The van der Waals surface area contributed by atoms with Crippen LogP contribution in [0.25, 0.3) is 0 Å². The van der Waals surface area contributed by atoms with Crippen molar-refractivity contribution in [3.63, 3.8) is 0 Å². The van der Waals surface area contributed by atoms with E-state index in [1.54, 1.807) is 0 Å². The van der Waals surface area contributed by atoms with E-state index >= 15 is 0 Å². The van der Waals surface area contributed by atoms with Crippen molar-refractivity contribution in [1.82, 2.24) is 26.6 Å². The van der Waals surface area contributed by atoms with Crippen molar-refractivity contribution in [3.05, 3.63) is 0 Å². The van der Waals surface area contributed by atoms with Crippen LogP contribution in [0, 0.1) is 5.92 Å². The van der Waals surface area contributed by atoms with Crippen LogP contribution >= 0.6 is 0 Å². The monoisotopic (exact) mass is 2160 g/mol. The van der Waals surface area contributed by atoms with Crippen LogP contribution < -0.4 is 26.6 Å². The zero-order valence-corrected chi connectivity index (χ0v) is 85.7. The molecule has 7 aliphatic heterocycles. The summed E-state index contributed by atoms with van der Waals surface area (Å²) >= 11 is 0. The van der Waals surface area contributed by atoms with Gasteiger partial charge in [0.2, 0.25) is 29.5 Å². The van der Waals surface area contributed by atoms with Gasteiger partial charge in [-0.3, -0.25) is 24.0 Å². The molecule has 0 aromatic carbocycles. The van der Waals surface area contributed by atoms with Gasteiger partial charge in [-0.15, -0.1) is 0 Å². The maximum absolute atomic E-state index is 14.3. The molecule has 0 aliphatic carbocycles. The molecule has 7 rings (SSSR count). The molecule has 149 heavy (non-hydrogen) atoms. The Hall–Kier alpha value is -5.72. The Labute approximate surface area is 864 Å². The molecular formula is C96H169N5O48. The van der Waals surface area contributed by atoms with Gasteiger partial charge in [0.15, 0.2) is 25.2 Å². The number of carboxylic acids is 3. The SMILES string of the molecule is CCCCCCCCCCCCCCCCCCCC(=O)N[C@@H](CO[C@@H]1O[C@H](CO)[C@@H](O[C@@H]2O[C@H](CO)[C@H](O)[C@H](O[C@@H]3O[C@H](CO)[C@H](O)[C@H](O[C@]4(C(=O)O)C[C@H](O)[C@@H](NC(C)=O)[C@H]([C@H](O)[C@@H](CO)O[C@@H]5O[C@H](CO)[C@H](O[C@]6(C(=O)O)C[C@H](O)[C@@H](NC(C)=O)[C@H]([C@H](O)[C@H](O)CO)O6)[C@H](O[C@]6(C(=O)O)C[C@H](O)[C@@H](NC(C)=O)[C@H]([C@H](O)[C@H](O)CO)O6)[C@H]5O)O4)[C@H]3NC(C)=O)[C@H]2O)[C@H](O)[C@H]1O)[C@H](O)[C@H](O)CCCCCCCCCCC(C)C. The van der Waals surface area contributed by atoms with Gasteiger partial charge in [-0.1, -0.05) is 181 Å². The third kappa shape index (κ3) is 36.7. The summed E-state index contributed by atoms with van der Waals surface area (Å²) in [6, 6.07) is -9.64. The Morgan fingerprint density at radius 3 is 1.11 bits per heavy atom. The van der Waals surface area contributed by atoms with Crippen LogP contribution in [0.1, 0.15) is 248 Å². The molecule has 0 spiro atoms. The van der Waals surface area contributed by atoms with Crippen LogP contribution in [-0.2, 0) is 105 Å². The van der Waals surface area contributed by atoms with Gasteiger partial charge < -0.3 is 226 Å². The topological polar surface area (TPSA) is 852 Å². The molecule has 0 aromatic heterocycles. The number of nitrogens with one attached hydrogen (secondary N) is 5. The van der Waals surface area contributed by atoms with E-state index in [0.717, 1.165) is 118 Å². The van der Waals surface area contributed by atoms with E-state index in [2.05, 4.69) is 47.4 Å². The second-order valence-electron chi connectivity index (χ2n) is 40.5. The van der Waals surface area contributed by atoms with Crippen LogP contribution in [0.2, 0.25) is 0 Å². The molecule has 0 radical (unpaired) electrons. The van der Waals surface area contributed by atoms with Gasteiger partial charge >= 0.3 is 17.9 Å². The van der Waals surface area contributed by atoms with Gasteiger partial charge in [-0.05, 0) is 18.8 Å². The summed E-state index contributed by atoms with van der Waals surface area (Å²) in [6.07, 6.45) is -53.6. The lowest BCUT2D eigenvalue weighted by atomic mass is 9.87. The summed E-state index contributed by atoms with van der Waals surface area (Å²) in [5.74, 6) is -22.1. The number of rotatable bonds is 67. The number of hydrogen-bond donors (Lipinski definition) is 31. The van der Waals surface area contributed by atoms with Gasteiger partial charge in [0.25, 0.3) is 17.4 Å². The number of carboxylic acid groups (broad SMARTS) is 3. The average molecular weight is 2160 g/mol. The molecule has 866 valence electrons. The Balaban J connectivity index is 1.14. The van der Waals surface area contributed by atoms with Gasteiger partial charge in [0.1, 0.15) is 159 Å². The van der Waals surface area contributed by atoms with Crippen molar-refractivity contribution in [2.75, 3.05) is 52.9 Å². The minimum Gasteiger partial charge on any atom is -0.477 e. The second-order valence-corrected chi connectivity index (χ2v) is 40.5. The highest BCUT2D eigenvalue weighted by atomic mass is 16.8. The van der Waals surface area contributed by atoms with Crippen molar-refractivity contribution >= 4 is 47.4 Å². The summed E-state index contributed by atoms with van der Waals surface area (Å²) < 4.78 is 83.6. The fourth-order valence-corrected chi connectivity index (χ4v) is 19.9. The number of ether oxygens (including phenoxy) is 14. The smallest absolute Gasteiger partial charge is 0.364 e.